The monoisotopic (exact) mass is 383 g/mol. The molecule has 0 aliphatic heterocycles. The summed E-state index contributed by atoms with van der Waals surface area (Å²) in [5, 5.41) is 3.75. The van der Waals surface area contributed by atoms with Gasteiger partial charge >= 0.3 is 5.97 Å². The molecule has 126 valence electrons. The Morgan fingerprint density at radius 3 is 2.67 bits per heavy atom. The first-order valence-electron chi connectivity index (χ1n) is 7.04. The van der Waals surface area contributed by atoms with Gasteiger partial charge in [0.05, 0.1) is 10.8 Å². The van der Waals surface area contributed by atoms with E-state index in [4.69, 9.17) is 27.9 Å². The molecule has 0 fully saturated rings. The molecule has 0 heterocycles. The predicted molar refractivity (Wildman–Crippen MR) is 98.0 cm³/mol. The first kappa shape index (κ1) is 18.6. The average Bonchev–Trinajstić information content (AvgIpc) is 2.55. The Morgan fingerprint density at radius 2 is 1.92 bits per heavy atom. The van der Waals surface area contributed by atoms with Gasteiger partial charge in [-0.3, -0.25) is 9.59 Å². The number of thioether (sulfide) groups is 1. The Bertz CT molecular complexity index is 752. The molecule has 0 aromatic heterocycles. The van der Waals surface area contributed by atoms with Crippen LogP contribution in [0, 0.1) is 6.92 Å². The minimum absolute atomic E-state index is 0.0766. The lowest BCUT2D eigenvalue weighted by Crippen LogP contribution is -2.22. The minimum Gasteiger partial charge on any atom is -0.455 e. The number of hydrogen-bond donors (Lipinski definition) is 1. The molecule has 4 nitrogen and oxygen atoms in total. The second kappa shape index (κ2) is 8.97. The molecule has 7 heteroatoms. The van der Waals surface area contributed by atoms with Crippen molar-refractivity contribution in [2.75, 3.05) is 17.7 Å². The Morgan fingerprint density at radius 1 is 1.17 bits per heavy atom. The highest BCUT2D eigenvalue weighted by molar-refractivity contribution is 8.00. The zero-order valence-corrected chi connectivity index (χ0v) is 15.2. The van der Waals surface area contributed by atoms with Crippen LogP contribution in [0.5, 0.6) is 0 Å². The maximum absolute atomic E-state index is 11.8. The lowest BCUT2D eigenvalue weighted by atomic mass is 10.2. The third-order valence-electron chi connectivity index (χ3n) is 3.02. The van der Waals surface area contributed by atoms with Crippen LogP contribution in [0.15, 0.2) is 47.4 Å². The van der Waals surface area contributed by atoms with E-state index < -0.39 is 11.9 Å². The van der Waals surface area contributed by atoms with Crippen molar-refractivity contribution >= 4 is 52.5 Å². The summed E-state index contributed by atoms with van der Waals surface area (Å²) >= 11 is 13.2. The maximum atomic E-state index is 11.8. The van der Waals surface area contributed by atoms with Crippen LogP contribution in [-0.4, -0.2) is 24.2 Å². The summed E-state index contributed by atoms with van der Waals surface area (Å²) in [4.78, 5) is 24.4. The number of rotatable bonds is 6. The zero-order valence-electron chi connectivity index (χ0n) is 12.8. The van der Waals surface area contributed by atoms with E-state index in [-0.39, 0.29) is 12.4 Å². The largest absolute Gasteiger partial charge is 0.455 e. The summed E-state index contributed by atoms with van der Waals surface area (Å²) in [5.41, 5.74) is 1.46. The van der Waals surface area contributed by atoms with E-state index in [1.54, 1.807) is 24.3 Å². The van der Waals surface area contributed by atoms with Crippen LogP contribution in [0.3, 0.4) is 0 Å². The number of benzene rings is 2. The van der Waals surface area contributed by atoms with Crippen LogP contribution in [0.25, 0.3) is 0 Å². The van der Waals surface area contributed by atoms with Gasteiger partial charge in [-0.1, -0.05) is 41.4 Å². The van der Waals surface area contributed by atoms with Gasteiger partial charge in [-0.15, -0.1) is 11.8 Å². The zero-order chi connectivity index (χ0) is 17.5. The molecule has 0 aliphatic rings. The Hall–Kier alpha value is -1.69. The number of aryl methyl sites for hydroxylation is 1. The highest BCUT2D eigenvalue weighted by Crippen LogP contribution is 2.26. The molecule has 0 saturated heterocycles. The SMILES string of the molecule is Cc1ccc(Cl)cc1NC(=O)COC(=O)CSc1ccccc1Cl. The first-order valence-corrected chi connectivity index (χ1v) is 8.79. The number of halogens is 2. The van der Waals surface area contributed by atoms with Gasteiger partial charge in [-0.05, 0) is 36.8 Å². The quantitative estimate of drug-likeness (QED) is 0.585. The van der Waals surface area contributed by atoms with Crippen molar-refractivity contribution in [3.63, 3.8) is 0 Å². The van der Waals surface area contributed by atoms with Gasteiger partial charge in [0.25, 0.3) is 5.91 Å². The number of amides is 1. The normalized spacial score (nSPS) is 10.3. The molecule has 0 atom stereocenters. The molecule has 0 radical (unpaired) electrons. The van der Waals surface area contributed by atoms with Crippen molar-refractivity contribution in [3.05, 3.63) is 58.1 Å². The summed E-state index contributed by atoms with van der Waals surface area (Å²) in [5.74, 6) is -0.831. The fraction of sp³-hybridized carbons (Fsp3) is 0.176. The molecule has 0 bridgehead atoms. The van der Waals surface area contributed by atoms with Crippen molar-refractivity contribution in [2.24, 2.45) is 0 Å². The number of ether oxygens (including phenoxy) is 1. The third-order valence-corrected chi connectivity index (χ3v) is 4.74. The Balaban J connectivity index is 1.78. The van der Waals surface area contributed by atoms with Crippen LogP contribution in [-0.2, 0) is 14.3 Å². The lowest BCUT2D eigenvalue weighted by Gasteiger charge is -2.09. The highest BCUT2D eigenvalue weighted by Gasteiger charge is 2.11. The molecule has 2 aromatic carbocycles. The van der Waals surface area contributed by atoms with E-state index in [0.717, 1.165) is 10.5 Å². The molecule has 2 rings (SSSR count). The fourth-order valence-corrected chi connectivity index (χ4v) is 3.01. The minimum atomic E-state index is -0.488. The van der Waals surface area contributed by atoms with E-state index in [2.05, 4.69) is 5.32 Å². The summed E-state index contributed by atoms with van der Waals surface area (Å²) in [7, 11) is 0. The van der Waals surface area contributed by atoms with Crippen LogP contribution in [0.4, 0.5) is 5.69 Å². The Kier molecular flexibility index (Phi) is 6.97. The fourth-order valence-electron chi connectivity index (χ4n) is 1.80. The van der Waals surface area contributed by atoms with Crippen LogP contribution >= 0.6 is 35.0 Å². The molecular formula is C17H15Cl2NO3S. The van der Waals surface area contributed by atoms with Gasteiger partial charge in [-0.2, -0.15) is 0 Å². The van der Waals surface area contributed by atoms with Gasteiger partial charge in [-0.25, -0.2) is 0 Å². The number of carbonyl (C=O) groups excluding carboxylic acids is 2. The maximum Gasteiger partial charge on any atom is 0.316 e. The van der Waals surface area contributed by atoms with E-state index >= 15 is 0 Å². The van der Waals surface area contributed by atoms with Crippen molar-refractivity contribution in [1.82, 2.24) is 0 Å². The molecule has 24 heavy (non-hydrogen) atoms. The number of carbonyl (C=O) groups is 2. The lowest BCUT2D eigenvalue weighted by molar-refractivity contribution is -0.144. The van der Waals surface area contributed by atoms with Crippen molar-refractivity contribution in [1.29, 1.82) is 0 Å². The van der Waals surface area contributed by atoms with Gasteiger partial charge in [0.15, 0.2) is 6.61 Å². The molecule has 1 N–H and O–H groups in total. The second-order valence-electron chi connectivity index (χ2n) is 4.89. The number of anilines is 1. The van der Waals surface area contributed by atoms with Crippen LogP contribution in [0.1, 0.15) is 5.56 Å². The standard InChI is InChI=1S/C17H15Cl2NO3S/c1-11-6-7-12(18)8-14(11)20-16(21)9-23-17(22)10-24-15-5-3-2-4-13(15)19/h2-8H,9-10H2,1H3,(H,20,21). The van der Waals surface area contributed by atoms with Gasteiger partial charge in [0.2, 0.25) is 0 Å². The predicted octanol–water partition coefficient (Wildman–Crippen LogP) is 4.58. The summed E-state index contributed by atoms with van der Waals surface area (Å²) in [6.45, 7) is 1.49. The summed E-state index contributed by atoms with van der Waals surface area (Å²) in [6.07, 6.45) is 0. The third kappa shape index (κ3) is 5.74. The summed E-state index contributed by atoms with van der Waals surface area (Å²) < 4.78 is 4.96. The summed E-state index contributed by atoms with van der Waals surface area (Å²) in [6, 6.07) is 12.4. The van der Waals surface area contributed by atoms with E-state index in [1.165, 1.54) is 11.8 Å². The van der Waals surface area contributed by atoms with Crippen molar-refractivity contribution < 1.29 is 14.3 Å². The number of esters is 1. The smallest absolute Gasteiger partial charge is 0.316 e. The molecule has 0 aliphatic carbocycles. The van der Waals surface area contributed by atoms with Crippen molar-refractivity contribution in [3.8, 4) is 0 Å². The van der Waals surface area contributed by atoms with E-state index in [0.29, 0.717) is 15.7 Å². The molecule has 0 spiro atoms. The Labute approximate surface area is 154 Å². The molecule has 1 amide bonds. The molecule has 0 saturated carbocycles. The number of nitrogens with one attached hydrogen (secondary N) is 1. The first-order chi connectivity index (χ1) is 11.5. The number of hydrogen-bond acceptors (Lipinski definition) is 4. The highest BCUT2D eigenvalue weighted by atomic mass is 35.5. The van der Waals surface area contributed by atoms with Crippen LogP contribution < -0.4 is 5.32 Å². The van der Waals surface area contributed by atoms with Gasteiger partial charge in [0.1, 0.15) is 0 Å². The van der Waals surface area contributed by atoms with Gasteiger partial charge < -0.3 is 10.1 Å². The van der Waals surface area contributed by atoms with E-state index in [1.807, 2.05) is 25.1 Å². The molecular weight excluding hydrogens is 369 g/mol. The molecule has 2 aromatic rings. The van der Waals surface area contributed by atoms with Crippen LogP contribution in [0.2, 0.25) is 10.0 Å². The average molecular weight is 384 g/mol. The topological polar surface area (TPSA) is 55.4 Å². The van der Waals surface area contributed by atoms with Crippen molar-refractivity contribution in [2.45, 2.75) is 11.8 Å². The van der Waals surface area contributed by atoms with E-state index in [9.17, 15) is 9.59 Å². The molecule has 0 unspecified atom stereocenters. The van der Waals surface area contributed by atoms with Gasteiger partial charge in [0, 0.05) is 15.6 Å². The second-order valence-corrected chi connectivity index (χ2v) is 6.75.